The molecule has 1 aromatic carbocycles. The number of hydrogen-bond donors (Lipinski definition) is 2. The van der Waals surface area contributed by atoms with Crippen LogP contribution in [0.15, 0.2) is 24.5 Å². The van der Waals surface area contributed by atoms with E-state index in [4.69, 9.17) is 14.2 Å². The third kappa shape index (κ3) is 4.78. The first-order valence-electron chi connectivity index (χ1n) is 8.20. The van der Waals surface area contributed by atoms with Crippen LogP contribution in [-0.2, 0) is 6.54 Å². The number of methoxy groups -OCH3 is 3. The Hall–Kier alpha value is -2.97. The zero-order valence-corrected chi connectivity index (χ0v) is 15.6. The van der Waals surface area contributed by atoms with Gasteiger partial charge in [0.15, 0.2) is 11.5 Å². The highest BCUT2D eigenvalue weighted by molar-refractivity contribution is 5.90. The Morgan fingerprint density at radius 2 is 1.65 bits per heavy atom. The minimum atomic E-state index is -0.342. The summed E-state index contributed by atoms with van der Waals surface area (Å²) in [7, 11) is 4.57. The summed E-state index contributed by atoms with van der Waals surface area (Å²) in [6, 6.07) is 2.86. The summed E-state index contributed by atoms with van der Waals surface area (Å²) in [4.78, 5) is 14.0. The molecule has 0 fully saturated rings. The highest BCUT2D eigenvalue weighted by Gasteiger charge is 2.19. The average molecular weight is 363 g/mol. The van der Waals surface area contributed by atoms with Crippen molar-refractivity contribution in [3.63, 3.8) is 0 Å². The Morgan fingerprint density at radius 3 is 2.12 bits per heavy atom. The first-order chi connectivity index (χ1) is 12.5. The van der Waals surface area contributed by atoms with Crippen LogP contribution < -0.4 is 24.8 Å². The molecular formula is C17H25N5O4. The van der Waals surface area contributed by atoms with Crippen molar-refractivity contribution in [2.24, 2.45) is 5.92 Å². The van der Waals surface area contributed by atoms with Crippen molar-refractivity contribution in [2.75, 3.05) is 26.6 Å². The van der Waals surface area contributed by atoms with Gasteiger partial charge in [-0.15, -0.1) is 0 Å². The van der Waals surface area contributed by atoms with Crippen LogP contribution in [0, 0.1) is 5.92 Å². The molecule has 1 aromatic heterocycles. The number of aromatic nitrogens is 3. The van der Waals surface area contributed by atoms with Crippen LogP contribution >= 0.6 is 0 Å². The van der Waals surface area contributed by atoms with E-state index in [2.05, 4.69) is 20.8 Å². The van der Waals surface area contributed by atoms with Crippen molar-refractivity contribution in [1.82, 2.24) is 20.3 Å². The number of nitrogens with one attached hydrogen (secondary N) is 2. The maximum Gasteiger partial charge on any atom is 0.319 e. The van der Waals surface area contributed by atoms with Crippen molar-refractivity contribution in [3.8, 4) is 17.2 Å². The van der Waals surface area contributed by atoms with Crippen LogP contribution in [0.2, 0.25) is 0 Å². The van der Waals surface area contributed by atoms with E-state index in [1.54, 1.807) is 29.3 Å². The topological polar surface area (TPSA) is 99.5 Å². The second-order valence-corrected chi connectivity index (χ2v) is 5.95. The Kier molecular flexibility index (Phi) is 6.65. The van der Waals surface area contributed by atoms with Crippen molar-refractivity contribution in [3.05, 3.63) is 24.5 Å². The lowest BCUT2D eigenvalue weighted by Gasteiger charge is -2.22. The smallest absolute Gasteiger partial charge is 0.319 e. The molecule has 9 heteroatoms. The number of urea groups is 1. The van der Waals surface area contributed by atoms with Gasteiger partial charge in [-0.3, -0.25) is 0 Å². The van der Waals surface area contributed by atoms with Gasteiger partial charge in [0.05, 0.1) is 52.0 Å². The molecular weight excluding hydrogens is 338 g/mol. The van der Waals surface area contributed by atoms with Crippen LogP contribution in [-0.4, -0.2) is 48.4 Å². The lowest BCUT2D eigenvalue weighted by atomic mass is 10.1. The molecule has 0 spiro atoms. The van der Waals surface area contributed by atoms with E-state index in [0.29, 0.717) is 29.5 Å². The van der Waals surface area contributed by atoms with Gasteiger partial charge in [0.2, 0.25) is 5.75 Å². The SMILES string of the molecule is COc1cc(NC(=O)NC(Cn2nccn2)C(C)C)cc(OC)c1OC. The van der Waals surface area contributed by atoms with Crippen molar-refractivity contribution in [2.45, 2.75) is 26.4 Å². The van der Waals surface area contributed by atoms with Gasteiger partial charge >= 0.3 is 6.03 Å². The molecule has 2 aromatic rings. The number of carbonyl (C=O) groups is 1. The van der Waals surface area contributed by atoms with E-state index < -0.39 is 0 Å². The highest BCUT2D eigenvalue weighted by Crippen LogP contribution is 2.39. The fourth-order valence-electron chi connectivity index (χ4n) is 2.43. The van der Waals surface area contributed by atoms with E-state index in [9.17, 15) is 4.79 Å². The maximum absolute atomic E-state index is 12.4. The van der Waals surface area contributed by atoms with Gasteiger partial charge in [-0.25, -0.2) is 4.79 Å². The van der Waals surface area contributed by atoms with Crippen molar-refractivity contribution < 1.29 is 19.0 Å². The minimum absolute atomic E-state index is 0.135. The molecule has 142 valence electrons. The summed E-state index contributed by atoms with van der Waals surface area (Å²) < 4.78 is 15.9. The predicted molar refractivity (Wildman–Crippen MR) is 96.9 cm³/mol. The highest BCUT2D eigenvalue weighted by atomic mass is 16.5. The van der Waals surface area contributed by atoms with Gasteiger partial charge in [-0.1, -0.05) is 13.8 Å². The van der Waals surface area contributed by atoms with E-state index in [1.165, 1.54) is 21.3 Å². The van der Waals surface area contributed by atoms with Gasteiger partial charge in [-0.2, -0.15) is 15.0 Å². The van der Waals surface area contributed by atoms with Gasteiger partial charge in [0, 0.05) is 12.1 Å². The number of carbonyl (C=O) groups excluding carboxylic acids is 1. The van der Waals surface area contributed by atoms with Crippen LogP contribution in [0.1, 0.15) is 13.8 Å². The Bertz CT molecular complexity index is 693. The molecule has 0 aliphatic carbocycles. The predicted octanol–water partition coefficient (Wildman–Crippen LogP) is 2.15. The molecule has 2 rings (SSSR count). The van der Waals surface area contributed by atoms with Crippen LogP contribution in [0.4, 0.5) is 10.5 Å². The van der Waals surface area contributed by atoms with Crippen molar-refractivity contribution >= 4 is 11.7 Å². The van der Waals surface area contributed by atoms with E-state index >= 15 is 0 Å². The fraction of sp³-hybridized carbons (Fsp3) is 0.471. The summed E-state index contributed by atoms with van der Waals surface area (Å²) in [5.41, 5.74) is 0.525. The quantitative estimate of drug-likeness (QED) is 0.745. The standard InChI is InChI=1S/C17H25N5O4/c1-11(2)13(10-22-18-6-7-19-22)21-17(23)20-12-8-14(24-3)16(26-5)15(9-12)25-4/h6-9,11,13H,10H2,1-5H3,(H2,20,21,23). The van der Waals surface area contributed by atoms with E-state index in [1.807, 2.05) is 13.8 Å². The number of benzene rings is 1. The molecule has 0 saturated heterocycles. The number of nitrogens with zero attached hydrogens (tertiary/aromatic N) is 3. The molecule has 0 bridgehead atoms. The number of hydrogen-bond acceptors (Lipinski definition) is 6. The van der Waals surface area contributed by atoms with Crippen LogP contribution in [0.5, 0.6) is 17.2 Å². The molecule has 2 N–H and O–H groups in total. The summed E-state index contributed by atoms with van der Waals surface area (Å²) in [5.74, 6) is 1.59. The molecule has 0 aliphatic rings. The van der Waals surface area contributed by atoms with Crippen LogP contribution in [0.25, 0.3) is 0 Å². The largest absolute Gasteiger partial charge is 0.493 e. The lowest BCUT2D eigenvalue weighted by molar-refractivity contribution is 0.239. The number of ether oxygens (including phenoxy) is 3. The summed E-state index contributed by atoms with van der Waals surface area (Å²) >= 11 is 0. The molecule has 1 heterocycles. The Morgan fingerprint density at radius 1 is 1.08 bits per heavy atom. The molecule has 1 atom stereocenters. The maximum atomic E-state index is 12.4. The summed E-state index contributed by atoms with van der Waals surface area (Å²) in [6.07, 6.45) is 3.21. The lowest BCUT2D eigenvalue weighted by Crippen LogP contribution is -2.44. The second kappa shape index (κ2) is 8.93. The normalized spacial score (nSPS) is 11.8. The van der Waals surface area contributed by atoms with E-state index in [0.717, 1.165) is 0 Å². The number of amides is 2. The first-order valence-corrected chi connectivity index (χ1v) is 8.20. The fourth-order valence-corrected chi connectivity index (χ4v) is 2.43. The van der Waals surface area contributed by atoms with Gasteiger partial charge < -0.3 is 24.8 Å². The Labute approximate surface area is 152 Å². The summed E-state index contributed by atoms with van der Waals surface area (Å²) in [6.45, 7) is 4.52. The molecule has 26 heavy (non-hydrogen) atoms. The molecule has 2 amide bonds. The number of anilines is 1. The molecule has 9 nitrogen and oxygen atoms in total. The van der Waals surface area contributed by atoms with Gasteiger partial charge in [0.25, 0.3) is 0 Å². The molecule has 0 saturated carbocycles. The number of rotatable bonds is 8. The van der Waals surface area contributed by atoms with E-state index in [-0.39, 0.29) is 18.0 Å². The zero-order chi connectivity index (χ0) is 19.1. The van der Waals surface area contributed by atoms with Crippen LogP contribution in [0.3, 0.4) is 0 Å². The monoisotopic (exact) mass is 363 g/mol. The summed E-state index contributed by atoms with van der Waals surface area (Å²) in [5, 5.41) is 13.9. The Balaban J connectivity index is 2.10. The average Bonchev–Trinajstić information content (AvgIpc) is 3.13. The van der Waals surface area contributed by atoms with Gasteiger partial charge in [0.1, 0.15) is 0 Å². The van der Waals surface area contributed by atoms with Gasteiger partial charge in [-0.05, 0) is 5.92 Å². The third-order valence-corrected chi connectivity index (χ3v) is 3.87. The molecule has 0 radical (unpaired) electrons. The minimum Gasteiger partial charge on any atom is -0.493 e. The first kappa shape index (κ1) is 19.4. The zero-order valence-electron chi connectivity index (χ0n) is 15.6. The second-order valence-electron chi connectivity index (χ2n) is 5.95. The van der Waals surface area contributed by atoms with Crippen molar-refractivity contribution in [1.29, 1.82) is 0 Å². The molecule has 0 aliphatic heterocycles. The molecule has 1 unspecified atom stereocenters. The third-order valence-electron chi connectivity index (χ3n) is 3.87.